The Morgan fingerprint density at radius 1 is 1.36 bits per heavy atom. The second kappa shape index (κ2) is 3.61. The minimum Gasteiger partial charge on any atom is -0.388 e. The first-order valence-corrected chi connectivity index (χ1v) is 3.38. The molecule has 0 saturated carbocycles. The zero-order chi connectivity index (χ0) is 8.10. The van der Waals surface area contributed by atoms with E-state index in [-0.39, 0.29) is 0 Å². The van der Waals surface area contributed by atoms with Crippen molar-refractivity contribution in [1.29, 1.82) is 0 Å². The highest BCUT2D eigenvalue weighted by atomic mass is 15.1. The summed E-state index contributed by atoms with van der Waals surface area (Å²) in [7, 11) is 1.88. The minimum atomic E-state index is 1.01. The topological polar surface area (TPSA) is 50.4 Å². The monoisotopic (exact) mass is 149 g/mol. The first-order valence-electron chi connectivity index (χ1n) is 3.38. The Labute approximate surface area is 65.9 Å². The molecule has 58 valence electrons. The Hall–Kier alpha value is -1.51. The van der Waals surface area contributed by atoms with Crippen LogP contribution in [-0.2, 0) is 0 Å². The third-order valence-electron chi connectivity index (χ3n) is 1.42. The fourth-order valence-corrected chi connectivity index (χ4v) is 0.822. The molecule has 0 heterocycles. The molecule has 0 saturated heterocycles. The van der Waals surface area contributed by atoms with Crippen LogP contribution in [0.25, 0.3) is 0 Å². The Bertz CT molecular complexity index is 238. The number of rotatable bonds is 2. The first-order chi connectivity index (χ1) is 5.36. The van der Waals surface area contributed by atoms with E-state index in [0.29, 0.717) is 0 Å². The molecule has 0 amide bonds. The fourth-order valence-electron chi connectivity index (χ4n) is 0.822. The third-order valence-corrected chi connectivity index (χ3v) is 1.42. The molecule has 3 heteroatoms. The van der Waals surface area contributed by atoms with E-state index in [1.807, 2.05) is 31.3 Å². The molecule has 0 aromatic heterocycles. The number of hydrogen-bond donors (Lipinski definition) is 2. The summed E-state index contributed by atoms with van der Waals surface area (Å²) in [6.45, 7) is 0. The molecule has 0 aliphatic rings. The minimum absolute atomic E-state index is 1.01. The molecule has 3 N–H and O–H groups in total. The number of nitrogens with two attached hydrogens (primary N) is 1. The number of nitrogens with zero attached hydrogens (tertiary/aromatic N) is 1. The molecule has 1 aromatic rings. The molecule has 0 spiro atoms. The molecule has 0 fully saturated rings. The van der Waals surface area contributed by atoms with Crippen LogP contribution < -0.4 is 11.2 Å². The second-order valence-corrected chi connectivity index (χ2v) is 2.15. The van der Waals surface area contributed by atoms with E-state index in [2.05, 4.69) is 10.4 Å². The van der Waals surface area contributed by atoms with Crippen LogP contribution in [0.15, 0.2) is 29.4 Å². The molecule has 1 rings (SSSR count). The van der Waals surface area contributed by atoms with Gasteiger partial charge in [-0.2, -0.15) is 5.10 Å². The van der Waals surface area contributed by atoms with Crippen molar-refractivity contribution in [2.75, 3.05) is 12.4 Å². The average Bonchev–Trinajstić information content (AvgIpc) is 2.07. The molecule has 11 heavy (non-hydrogen) atoms. The van der Waals surface area contributed by atoms with Crippen LogP contribution in [0.3, 0.4) is 0 Å². The van der Waals surface area contributed by atoms with E-state index >= 15 is 0 Å². The molecule has 0 radical (unpaired) electrons. The van der Waals surface area contributed by atoms with Crippen molar-refractivity contribution in [2.45, 2.75) is 0 Å². The molecule has 0 bridgehead atoms. The molecule has 1 aromatic carbocycles. The van der Waals surface area contributed by atoms with Crippen molar-refractivity contribution in [3.8, 4) is 0 Å². The number of anilines is 1. The number of hydrogen-bond acceptors (Lipinski definition) is 3. The smallest absolute Gasteiger partial charge is 0.0538 e. The largest absolute Gasteiger partial charge is 0.388 e. The van der Waals surface area contributed by atoms with Gasteiger partial charge in [-0.1, -0.05) is 12.1 Å². The van der Waals surface area contributed by atoms with Crippen molar-refractivity contribution in [3.05, 3.63) is 29.8 Å². The number of hydrazone groups is 1. The van der Waals surface area contributed by atoms with Crippen LogP contribution in [0.1, 0.15) is 5.56 Å². The highest BCUT2D eigenvalue weighted by Gasteiger charge is 1.87. The predicted octanol–water partition coefficient (Wildman–Crippen LogP) is 1.02. The maximum absolute atomic E-state index is 4.98. The van der Waals surface area contributed by atoms with Gasteiger partial charge in [-0.3, -0.25) is 0 Å². The van der Waals surface area contributed by atoms with Gasteiger partial charge >= 0.3 is 0 Å². The van der Waals surface area contributed by atoms with Gasteiger partial charge < -0.3 is 11.2 Å². The lowest BCUT2D eigenvalue weighted by Crippen LogP contribution is -1.89. The Morgan fingerprint density at radius 2 is 2.00 bits per heavy atom. The highest BCUT2D eigenvalue weighted by Crippen LogP contribution is 2.06. The van der Waals surface area contributed by atoms with Gasteiger partial charge in [-0.05, 0) is 17.7 Å². The summed E-state index contributed by atoms with van der Waals surface area (Å²) < 4.78 is 0. The molecule has 0 aliphatic heterocycles. The van der Waals surface area contributed by atoms with E-state index < -0.39 is 0 Å². The molecule has 3 nitrogen and oxygen atoms in total. The summed E-state index contributed by atoms with van der Waals surface area (Å²) >= 11 is 0. The van der Waals surface area contributed by atoms with E-state index in [9.17, 15) is 0 Å². The maximum atomic E-state index is 4.98. The van der Waals surface area contributed by atoms with Gasteiger partial charge in [-0.15, -0.1) is 0 Å². The lowest BCUT2D eigenvalue weighted by Gasteiger charge is -1.98. The third kappa shape index (κ3) is 1.97. The van der Waals surface area contributed by atoms with Crippen LogP contribution >= 0.6 is 0 Å². The van der Waals surface area contributed by atoms with Crippen molar-refractivity contribution in [2.24, 2.45) is 10.9 Å². The van der Waals surface area contributed by atoms with Crippen molar-refractivity contribution in [3.63, 3.8) is 0 Å². The lowest BCUT2D eigenvalue weighted by atomic mass is 10.2. The van der Waals surface area contributed by atoms with Crippen LogP contribution in [0, 0.1) is 0 Å². The van der Waals surface area contributed by atoms with Crippen molar-refractivity contribution < 1.29 is 0 Å². The van der Waals surface area contributed by atoms with Crippen LogP contribution in [0.4, 0.5) is 5.69 Å². The Balaban J connectivity index is 2.82. The number of nitrogens with one attached hydrogen (secondary N) is 1. The van der Waals surface area contributed by atoms with E-state index in [4.69, 9.17) is 5.84 Å². The molecular weight excluding hydrogens is 138 g/mol. The Morgan fingerprint density at radius 3 is 2.45 bits per heavy atom. The summed E-state index contributed by atoms with van der Waals surface area (Å²) in [6.07, 6.45) is 1.61. The quantitative estimate of drug-likeness (QED) is 0.374. The standard InChI is InChI=1S/C8H11N3/c1-10-8-4-2-7(3-5-8)6-11-9/h2-6,10H,9H2,1H3/b11-6+. The predicted molar refractivity (Wildman–Crippen MR) is 47.8 cm³/mol. The van der Waals surface area contributed by atoms with Gasteiger partial charge in [0.15, 0.2) is 0 Å². The average molecular weight is 149 g/mol. The van der Waals surface area contributed by atoms with Crippen molar-refractivity contribution in [1.82, 2.24) is 0 Å². The lowest BCUT2D eigenvalue weighted by molar-refractivity contribution is 1.26. The second-order valence-electron chi connectivity index (χ2n) is 2.15. The fraction of sp³-hybridized carbons (Fsp3) is 0.125. The van der Waals surface area contributed by atoms with E-state index in [1.54, 1.807) is 6.21 Å². The van der Waals surface area contributed by atoms with Gasteiger partial charge in [0.2, 0.25) is 0 Å². The Kier molecular flexibility index (Phi) is 2.49. The van der Waals surface area contributed by atoms with Gasteiger partial charge in [0.25, 0.3) is 0 Å². The van der Waals surface area contributed by atoms with Gasteiger partial charge in [0.05, 0.1) is 6.21 Å². The summed E-state index contributed by atoms with van der Waals surface area (Å²) in [4.78, 5) is 0. The molecule has 0 unspecified atom stereocenters. The summed E-state index contributed by atoms with van der Waals surface area (Å²) in [6, 6.07) is 7.83. The van der Waals surface area contributed by atoms with Crippen LogP contribution in [0.5, 0.6) is 0 Å². The highest BCUT2D eigenvalue weighted by molar-refractivity contribution is 5.79. The number of benzene rings is 1. The molecule has 0 atom stereocenters. The zero-order valence-corrected chi connectivity index (χ0v) is 6.41. The molecular formula is C8H11N3. The normalized spacial score (nSPS) is 10.3. The SMILES string of the molecule is CNc1ccc(/C=N/N)cc1. The van der Waals surface area contributed by atoms with E-state index in [1.165, 1.54) is 0 Å². The van der Waals surface area contributed by atoms with E-state index in [0.717, 1.165) is 11.3 Å². The van der Waals surface area contributed by atoms with Crippen LogP contribution in [0.2, 0.25) is 0 Å². The summed E-state index contributed by atoms with van der Waals surface area (Å²) in [5, 5.41) is 6.44. The van der Waals surface area contributed by atoms with Crippen LogP contribution in [-0.4, -0.2) is 13.3 Å². The zero-order valence-electron chi connectivity index (χ0n) is 6.41. The first kappa shape index (κ1) is 7.60. The summed E-state index contributed by atoms with van der Waals surface area (Å²) in [5.74, 6) is 4.98. The van der Waals surface area contributed by atoms with Gasteiger partial charge in [0.1, 0.15) is 0 Å². The van der Waals surface area contributed by atoms with Gasteiger partial charge in [-0.25, -0.2) is 0 Å². The molecule has 0 aliphatic carbocycles. The summed E-state index contributed by atoms with van der Waals surface area (Å²) in [5.41, 5.74) is 2.09. The maximum Gasteiger partial charge on any atom is 0.0538 e. The van der Waals surface area contributed by atoms with Gasteiger partial charge in [0, 0.05) is 12.7 Å². The van der Waals surface area contributed by atoms with Crippen molar-refractivity contribution >= 4 is 11.9 Å².